The molecule has 2 rings (SSSR count). The minimum atomic E-state index is -0.121. The fourth-order valence-corrected chi connectivity index (χ4v) is 3.66. The molecule has 0 radical (unpaired) electrons. The number of methoxy groups -OCH3 is 1. The van der Waals surface area contributed by atoms with Gasteiger partial charge in [-0.1, -0.05) is 38.1 Å². The average Bonchev–Trinajstić information content (AvgIpc) is 2.56. The van der Waals surface area contributed by atoms with Crippen LogP contribution in [0.3, 0.4) is 0 Å². The second-order valence-electron chi connectivity index (χ2n) is 5.86. The monoisotopic (exact) mass is 291 g/mol. The lowest BCUT2D eigenvalue weighted by molar-refractivity contribution is -0.0660. The summed E-state index contributed by atoms with van der Waals surface area (Å²) in [5.74, 6) is 0. The van der Waals surface area contributed by atoms with Gasteiger partial charge in [-0.2, -0.15) is 0 Å². The fraction of sp³-hybridized carbons (Fsp3) is 0.667. The Morgan fingerprint density at radius 2 is 2.05 bits per heavy atom. The van der Waals surface area contributed by atoms with Gasteiger partial charge in [0.25, 0.3) is 0 Å². The molecule has 0 aromatic heterocycles. The Labute approximate surface area is 129 Å². The Kier molecular flexibility index (Phi) is 5.80. The van der Waals surface area contributed by atoms with Crippen molar-refractivity contribution in [2.75, 3.05) is 20.8 Å². The summed E-state index contributed by atoms with van der Waals surface area (Å²) in [5, 5.41) is 3.47. The van der Waals surface area contributed by atoms with Gasteiger partial charge in [-0.15, -0.1) is 0 Å². The van der Waals surface area contributed by atoms with Crippen molar-refractivity contribution in [1.29, 1.82) is 0 Å². The zero-order chi connectivity index (χ0) is 15.3. The Hall–Kier alpha value is -0.900. The first kappa shape index (κ1) is 16.5. The van der Waals surface area contributed by atoms with Gasteiger partial charge < -0.3 is 14.8 Å². The molecule has 1 aliphatic heterocycles. The lowest BCUT2D eigenvalue weighted by Gasteiger charge is -2.40. The van der Waals surface area contributed by atoms with Crippen molar-refractivity contribution in [2.45, 2.75) is 57.3 Å². The zero-order valence-electron chi connectivity index (χ0n) is 13.8. The van der Waals surface area contributed by atoms with E-state index in [1.165, 1.54) is 11.1 Å². The second-order valence-corrected chi connectivity index (χ2v) is 5.86. The first-order valence-electron chi connectivity index (χ1n) is 8.12. The number of fused-ring (bicyclic) bond motifs is 1. The molecule has 118 valence electrons. The number of nitrogens with one attached hydrogen (secondary N) is 1. The predicted octanol–water partition coefficient (Wildman–Crippen LogP) is 3.48. The largest absolute Gasteiger partial charge is 0.377 e. The van der Waals surface area contributed by atoms with Gasteiger partial charge in [0.1, 0.15) is 0 Å². The van der Waals surface area contributed by atoms with Crippen molar-refractivity contribution >= 4 is 0 Å². The summed E-state index contributed by atoms with van der Waals surface area (Å²) in [7, 11) is 3.85. The molecule has 1 heterocycles. The number of ether oxygens (including phenoxy) is 2. The standard InChI is InChI=1S/C18H29NO2/c1-5-18(6-2,20-4)17(19-3)13-16-15-10-8-7-9-14(15)11-12-21-16/h7-10,16-17,19H,5-6,11-13H2,1-4H3. The van der Waals surface area contributed by atoms with Crippen LogP contribution in [0.1, 0.15) is 50.3 Å². The van der Waals surface area contributed by atoms with Crippen LogP contribution >= 0.6 is 0 Å². The fourth-order valence-electron chi connectivity index (χ4n) is 3.66. The highest BCUT2D eigenvalue weighted by Gasteiger charge is 2.37. The Balaban J connectivity index is 2.20. The van der Waals surface area contributed by atoms with E-state index in [-0.39, 0.29) is 17.7 Å². The second kappa shape index (κ2) is 7.39. The lowest BCUT2D eigenvalue weighted by Crippen LogP contribution is -2.51. The highest BCUT2D eigenvalue weighted by molar-refractivity contribution is 5.31. The lowest BCUT2D eigenvalue weighted by atomic mass is 9.82. The average molecular weight is 291 g/mol. The van der Waals surface area contributed by atoms with Crippen molar-refractivity contribution in [2.24, 2.45) is 0 Å². The molecule has 0 saturated carbocycles. The number of rotatable bonds is 7. The SMILES string of the molecule is CCC(CC)(OC)C(CC1OCCc2ccccc21)NC. The molecule has 3 nitrogen and oxygen atoms in total. The summed E-state index contributed by atoms with van der Waals surface area (Å²) in [6.07, 6.45) is 4.14. The zero-order valence-corrected chi connectivity index (χ0v) is 13.8. The third-order valence-electron chi connectivity index (χ3n) is 5.13. The Bertz CT molecular complexity index is 434. The normalized spacial score (nSPS) is 20.1. The highest BCUT2D eigenvalue weighted by atomic mass is 16.5. The minimum Gasteiger partial charge on any atom is -0.377 e. The maximum absolute atomic E-state index is 6.07. The number of hydrogen-bond acceptors (Lipinski definition) is 3. The van der Waals surface area contributed by atoms with E-state index in [4.69, 9.17) is 9.47 Å². The van der Waals surface area contributed by atoms with Gasteiger partial charge >= 0.3 is 0 Å². The van der Waals surface area contributed by atoms with Crippen molar-refractivity contribution in [1.82, 2.24) is 5.32 Å². The molecule has 0 bridgehead atoms. The molecule has 1 aromatic rings. The van der Waals surface area contributed by atoms with E-state index in [1.54, 1.807) is 0 Å². The molecule has 0 saturated heterocycles. The van der Waals surface area contributed by atoms with Gasteiger partial charge in [-0.25, -0.2) is 0 Å². The van der Waals surface area contributed by atoms with Gasteiger partial charge in [0, 0.05) is 13.2 Å². The van der Waals surface area contributed by atoms with Gasteiger partial charge in [0.2, 0.25) is 0 Å². The van der Waals surface area contributed by atoms with Crippen molar-refractivity contribution in [3.63, 3.8) is 0 Å². The molecule has 1 N–H and O–H groups in total. The molecule has 0 fully saturated rings. The number of likely N-dealkylation sites (N-methyl/N-ethyl adjacent to an activating group) is 1. The van der Waals surface area contributed by atoms with E-state index in [1.807, 2.05) is 14.2 Å². The molecule has 0 aliphatic carbocycles. The summed E-state index contributed by atoms with van der Waals surface area (Å²) in [6.45, 7) is 5.22. The van der Waals surface area contributed by atoms with Crippen LogP contribution in [0.25, 0.3) is 0 Å². The molecule has 1 aromatic carbocycles. The molecule has 21 heavy (non-hydrogen) atoms. The van der Waals surface area contributed by atoms with E-state index < -0.39 is 0 Å². The van der Waals surface area contributed by atoms with Crippen molar-refractivity contribution in [3.8, 4) is 0 Å². The topological polar surface area (TPSA) is 30.5 Å². The maximum Gasteiger partial charge on any atom is 0.0843 e. The van der Waals surface area contributed by atoms with E-state index >= 15 is 0 Å². The molecule has 2 unspecified atom stereocenters. The first-order valence-corrected chi connectivity index (χ1v) is 8.12. The quantitative estimate of drug-likeness (QED) is 0.834. The van der Waals surface area contributed by atoms with Gasteiger partial charge in [-0.05, 0) is 43.9 Å². The third-order valence-corrected chi connectivity index (χ3v) is 5.13. The van der Waals surface area contributed by atoms with Gasteiger partial charge in [0.05, 0.1) is 18.3 Å². The predicted molar refractivity (Wildman–Crippen MR) is 86.6 cm³/mol. The summed E-state index contributed by atoms with van der Waals surface area (Å²) >= 11 is 0. The molecule has 1 aliphatic rings. The third kappa shape index (κ3) is 3.31. The van der Waals surface area contributed by atoms with Gasteiger partial charge in [-0.3, -0.25) is 0 Å². The maximum atomic E-state index is 6.07. The molecule has 0 spiro atoms. The van der Waals surface area contributed by atoms with Crippen molar-refractivity contribution < 1.29 is 9.47 Å². The van der Waals surface area contributed by atoms with Crippen LogP contribution < -0.4 is 5.32 Å². The number of benzene rings is 1. The Morgan fingerprint density at radius 3 is 2.67 bits per heavy atom. The summed E-state index contributed by atoms with van der Waals surface area (Å²) in [4.78, 5) is 0. The van der Waals surface area contributed by atoms with Crippen LogP contribution in [-0.4, -0.2) is 32.4 Å². The minimum absolute atomic E-state index is 0.121. The van der Waals surface area contributed by atoms with E-state index in [0.29, 0.717) is 0 Å². The summed E-state index contributed by atoms with van der Waals surface area (Å²) < 4.78 is 12.0. The smallest absolute Gasteiger partial charge is 0.0843 e. The van der Waals surface area contributed by atoms with Crippen LogP contribution in [0, 0.1) is 0 Å². The first-order chi connectivity index (χ1) is 10.2. The van der Waals surface area contributed by atoms with Crippen LogP contribution in [0.5, 0.6) is 0 Å². The number of hydrogen-bond donors (Lipinski definition) is 1. The molecular formula is C18H29NO2. The van der Waals surface area contributed by atoms with Crippen LogP contribution in [-0.2, 0) is 15.9 Å². The molecular weight excluding hydrogens is 262 g/mol. The van der Waals surface area contributed by atoms with E-state index in [9.17, 15) is 0 Å². The van der Waals surface area contributed by atoms with Crippen molar-refractivity contribution in [3.05, 3.63) is 35.4 Å². The molecule has 0 amide bonds. The molecule has 3 heteroatoms. The van der Waals surface area contributed by atoms with Crippen LogP contribution in [0.15, 0.2) is 24.3 Å². The van der Waals surface area contributed by atoms with Crippen LogP contribution in [0.2, 0.25) is 0 Å². The molecule has 2 atom stereocenters. The summed E-state index contributed by atoms with van der Waals surface area (Å²) in [6, 6.07) is 8.95. The van der Waals surface area contributed by atoms with E-state index in [2.05, 4.69) is 43.4 Å². The van der Waals surface area contributed by atoms with Gasteiger partial charge in [0.15, 0.2) is 0 Å². The Morgan fingerprint density at radius 1 is 1.33 bits per heavy atom. The van der Waals surface area contributed by atoms with Crippen LogP contribution in [0.4, 0.5) is 0 Å². The highest BCUT2D eigenvalue weighted by Crippen LogP contribution is 2.35. The summed E-state index contributed by atoms with van der Waals surface area (Å²) in [5.41, 5.74) is 2.66. The van der Waals surface area contributed by atoms with E-state index in [0.717, 1.165) is 32.3 Å².